The number of nitrogens with two attached hydrogens (primary N) is 1. The lowest BCUT2D eigenvalue weighted by Gasteiger charge is -2.18. The van der Waals surface area contributed by atoms with E-state index in [1.54, 1.807) is 6.07 Å². The summed E-state index contributed by atoms with van der Waals surface area (Å²) in [6.07, 6.45) is 1.46. The SMILES string of the molecule is Cc1cccc(Nc2ccnc(NS(=O)(=O)C(N)=O)c2C(C)C)c1. The van der Waals surface area contributed by atoms with E-state index in [2.05, 4.69) is 15.0 Å². The van der Waals surface area contributed by atoms with Crippen molar-refractivity contribution < 1.29 is 13.2 Å². The van der Waals surface area contributed by atoms with Gasteiger partial charge in [-0.2, -0.15) is 8.42 Å². The van der Waals surface area contributed by atoms with E-state index in [1.165, 1.54) is 6.20 Å². The molecule has 0 bridgehead atoms. The van der Waals surface area contributed by atoms with Crippen LogP contribution in [0, 0.1) is 6.92 Å². The minimum atomic E-state index is -4.30. The summed E-state index contributed by atoms with van der Waals surface area (Å²) in [7, 11) is -4.30. The quantitative estimate of drug-likeness (QED) is 0.768. The number of nitrogens with zero attached hydrogens (tertiary/aromatic N) is 1. The number of carbonyl (C=O) groups excluding carboxylic acids is 1. The number of pyridine rings is 1. The zero-order valence-electron chi connectivity index (χ0n) is 13.7. The Balaban J connectivity index is 2.46. The van der Waals surface area contributed by atoms with Gasteiger partial charge in [0.2, 0.25) is 0 Å². The molecule has 7 nitrogen and oxygen atoms in total. The molecule has 0 aliphatic carbocycles. The second-order valence-corrected chi connectivity index (χ2v) is 7.31. The average molecular weight is 348 g/mol. The van der Waals surface area contributed by atoms with Gasteiger partial charge < -0.3 is 11.1 Å². The lowest BCUT2D eigenvalue weighted by molar-refractivity contribution is 0.265. The molecule has 0 aliphatic rings. The summed E-state index contributed by atoms with van der Waals surface area (Å²) in [4.78, 5) is 15.1. The lowest BCUT2D eigenvalue weighted by atomic mass is 10.0. The van der Waals surface area contributed by atoms with E-state index in [0.717, 1.165) is 11.3 Å². The molecule has 0 atom stereocenters. The smallest absolute Gasteiger partial charge is 0.354 e. The summed E-state index contributed by atoms with van der Waals surface area (Å²) in [5.41, 5.74) is 8.19. The molecule has 128 valence electrons. The predicted octanol–water partition coefficient (Wildman–Crippen LogP) is 3.08. The summed E-state index contributed by atoms with van der Waals surface area (Å²) < 4.78 is 25.6. The summed E-state index contributed by atoms with van der Waals surface area (Å²) in [5.74, 6) is 0.0399. The van der Waals surface area contributed by atoms with Crippen LogP contribution in [-0.2, 0) is 10.0 Å². The number of hydrogen-bond acceptors (Lipinski definition) is 5. The Morgan fingerprint density at radius 2 is 1.96 bits per heavy atom. The normalized spacial score (nSPS) is 11.3. The molecular formula is C16H20N4O3S. The Kier molecular flexibility index (Phi) is 5.08. The van der Waals surface area contributed by atoms with Crippen LogP contribution in [0.15, 0.2) is 36.5 Å². The first-order chi connectivity index (χ1) is 11.2. The number of hydrogen-bond donors (Lipinski definition) is 3. The predicted molar refractivity (Wildman–Crippen MR) is 94.9 cm³/mol. The second-order valence-electron chi connectivity index (χ2n) is 5.69. The van der Waals surface area contributed by atoms with Crippen LogP contribution in [0.4, 0.5) is 22.0 Å². The maximum Gasteiger partial charge on any atom is 0.354 e. The molecule has 2 rings (SSSR count). The molecule has 4 N–H and O–H groups in total. The number of primary amides is 1. The van der Waals surface area contributed by atoms with Crippen molar-refractivity contribution in [1.29, 1.82) is 0 Å². The van der Waals surface area contributed by atoms with Crippen molar-refractivity contribution in [2.24, 2.45) is 5.73 Å². The maximum atomic E-state index is 11.7. The molecule has 1 heterocycles. The van der Waals surface area contributed by atoms with Crippen LogP contribution in [0.5, 0.6) is 0 Å². The van der Waals surface area contributed by atoms with E-state index in [0.29, 0.717) is 11.3 Å². The number of amides is 1. The third-order valence-corrected chi connectivity index (χ3v) is 4.35. The van der Waals surface area contributed by atoms with Gasteiger partial charge in [-0.3, -0.25) is 9.52 Å². The molecule has 0 fully saturated rings. The van der Waals surface area contributed by atoms with Gasteiger partial charge in [0.25, 0.3) is 0 Å². The van der Waals surface area contributed by atoms with Crippen molar-refractivity contribution in [3.63, 3.8) is 0 Å². The van der Waals surface area contributed by atoms with Crippen LogP contribution in [0.3, 0.4) is 0 Å². The van der Waals surface area contributed by atoms with Gasteiger partial charge in [0.1, 0.15) is 5.82 Å². The summed E-state index contributed by atoms with van der Waals surface area (Å²) >= 11 is 0. The minimum Gasteiger partial charge on any atom is -0.355 e. The van der Waals surface area contributed by atoms with Crippen molar-refractivity contribution in [2.45, 2.75) is 26.7 Å². The van der Waals surface area contributed by atoms with Gasteiger partial charge in [0.15, 0.2) is 0 Å². The van der Waals surface area contributed by atoms with Crippen LogP contribution in [-0.4, -0.2) is 18.6 Å². The van der Waals surface area contributed by atoms with E-state index in [1.807, 2.05) is 45.0 Å². The van der Waals surface area contributed by atoms with Crippen molar-refractivity contribution in [3.8, 4) is 0 Å². The Morgan fingerprint density at radius 3 is 2.54 bits per heavy atom. The van der Waals surface area contributed by atoms with Gasteiger partial charge in [0.05, 0.1) is 0 Å². The van der Waals surface area contributed by atoms with E-state index < -0.39 is 15.3 Å². The Hall–Kier alpha value is -2.61. The van der Waals surface area contributed by atoms with Crippen LogP contribution in [0.1, 0.15) is 30.9 Å². The van der Waals surface area contributed by atoms with Crippen molar-refractivity contribution in [1.82, 2.24) is 4.98 Å². The third kappa shape index (κ3) is 4.02. The summed E-state index contributed by atoms with van der Waals surface area (Å²) in [5, 5.41) is 1.81. The van der Waals surface area contributed by atoms with E-state index in [-0.39, 0.29) is 11.7 Å². The molecule has 1 aromatic heterocycles. The zero-order chi connectivity index (χ0) is 17.9. The topological polar surface area (TPSA) is 114 Å². The van der Waals surface area contributed by atoms with Crippen LogP contribution in [0.25, 0.3) is 0 Å². The molecular weight excluding hydrogens is 328 g/mol. The molecule has 0 radical (unpaired) electrons. The first kappa shape index (κ1) is 17.7. The molecule has 2 aromatic rings. The maximum absolute atomic E-state index is 11.7. The fourth-order valence-corrected chi connectivity index (χ4v) is 2.82. The number of aromatic nitrogens is 1. The minimum absolute atomic E-state index is 0.0448. The van der Waals surface area contributed by atoms with Gasteiger partial charge in [-0.1, -0.05) is 26.0 Å². The monoisotopic (exact) mass is 348 g/mol. The summed E-state index contributed by atoms with van der Waals surface area (Å²) in [6, 6.07) is 9.53. The van der Waals surface area contributed by atoms with Crippen LogP contribution >= 0.6 is 0 Å². The third-order valence-electron chi connectivity index (χ3n) is 3.36. The van der Waals surface area contributed by atoms with Gasteiger partial charge in [-0.05, 0) is 36.6 Å². The highest BCUT2D eigenvalue weighted by Gasteiger charge is 2.22. The molecule has 1 aromatic carbocycles. The number of benzene rings is 1. The Labute approximate surface area is 141 Å². The Bertz CT molecular complexity index is 863. The number of rotatable bonds is 5. The number of anilines is 3. The number of aryl methyl sites for hydroxylation is 1. The molecule has 24 heavy (non-hydrogen) atoms. The standard InChI is InChI=1S/C16H20N4O3S/c1-10(2)14-13(19-12-6-4-5-11(3)9-12)7-8-18-15(14)20-24(22,23)16(17)21/h4-10H,1-3H3,(H2,17,21)(H2,18,19,20). The van der Waals surface area contributed by atoms with Gasteiger partial charge >= 0.3 is 15.3 Å². The molecule has 0 spiro atoms. The highest BCUT2D eigenvalue weighted by atomic mass is 32.2. The van der Waals surface area contributed by atoms with Crippen LogP contribution < -0.4 is 15.8 Å². The molecule has 0 saturated heterocycles. The first-order valence-electron chi connectivity index (χ1n) is 7.35. The number of sulfonamides is 1. The van der Waals surface area contributed by atoms with Crippen molar-refractivity contribution >= 4 is 32.5 Å². The van der Waals surface area contributed by atoms with Gasteiger partial charge in [-0.25, -0.2) is 4.98 Å². The number of carbonyl (C=O) groups is 1. The lowest BCUT2D eigenvalue weighted by Crippen LogP contribution is -2.29. The van der Waals surface area contributed by atoms with Crippen molar-refractivity contribution in [2.75, 3.05) is 10.0 Å². The van der Waals surface area contributed by atoms with E-state index in [4.69, 9.17) is 5.73 Å². The van der Waals surface area contributed by atoms with Gasteiger partial charge in [-0.15, -0.1) is 0 Å². The highest BCUT2D eigenvalue weighted by Crippen LogP contribution is 2.32. The van der Waals surface area contributed by atoms with Crippen molar-refractivity contribution in [3.05, 3.63) is 47.7 Å². The molecule has 8 heteroatoms. The zero-order valence-corrected chi connectivity index (χ0v) is 14.5. The largest absolute Gasteiger partial charge is 0.355 e. The van der Waals surface area contributed by atoms with E-state index in [9.17, 15) is 13.2 Å². The summed E-state index contributed by atoms with van der Waals surface area (Å²) in [6.45, 7) is 5.79. The first-order valence-corrected chi connectivity index (χ1v) is 8.84. The fourth-order valence-electron chi connectivity index (χ4n) is 2.30. The number of nitrogens with one attached hydrogen (secondary N) is 2. The molecule has 0 aliphatic heterocycles. The van der Waals surface area contributed by atoms with Gasteiger partial charge in [0, 0.05) is 23.1 Å². The van der Waals surface area contributed by atoms with E-state index >= 15 is 0 Å². The Morgan fingerprint density at radius 1 is 1.25 bits per heavy atom. The molecule has 1 amide bonds. The van der Waals surface area contributed by atoms with Crippen LogP contribution in [0.2, 0.25) is 0 Å². The molecule has 0 saturated carbocycles. The molecule has 0 unspecified atom stereocenters. The fraction of sp³-hybridized carbons (Fsp3) is 0.250. The highest BCUT2D eigenvalue weighted by molar-refractivity contribution is 8.07. The average Bonchev–Trinajstić information content (AvgIpc) is 2.46. The second kappa shape index (κ2) is 6.88.